The Balaban J connectivity index is 1.93. The number of fused-ring (bicyclic) bond motifs is 1. The molecule has 3 aromatic rings. The summed E-state index contributed by atoms with van der Waals surface area (Å²) in [5.74, 6) is -1.33. The first-order valence-electron chi connectivity index (χ1n) is 9.40. The van der Waals surface area contributed by atoms with E-state index < -0.39 is 12.6 Å². The molecule has 0 unspecified atom stereocenters. The quantitative estimate of drug-likeness (QED) is 0.567. The van der Waals surface area contributed by atoms with Gasteiger partial charge in [-0.3, -0.25) is 4.79 Å². The predicted molar refractivity (Wildman–Crippen MR) is 109 cm³/mol. The van der Waals surface area contributed by atoms with Crippen LogP contribution in [-0.2, 0) is 9.53 Å². The van der Waals surface area contributed by atoms with Crippen molar-refractivity contribution in [1.82, 2.24) is 20.1 Å². The lowest BCUT2D eigenvalue weighted by Crippen LogP contribution is -2.28. The molecule has 8 nitrogen and oxygen atoms in total. The zero-order valence-corrected chi connectivity index (χ0v) is 16.7. The number of hydrogen-bond acceptors (Lipinski definition) is 5. The molecule has 0 aliphatic heterocycles. The second kappa shape index (κ2) is 8.83. The Bertz CT molecular complexity index is 1030. The Morgan fingerprint density at radius 2 is 1.97 bits per heavy atom. The molecule has 0 fully saturated rings. The first-order valence-corrected chi connectivity index (χ1v) is 9.40. The molecule has 0 spiro atoms. The van der Waals surface area contributed by atoms with Gasteiger partial charge in [-0.25, -0.2) is 14.5 Å². The highest BCUT2D eigenvalue weighted by atomic mass is 16.5. The van der Waals surface area contributed by atoms with Crippen molar-refractivity contribution in [3.8, 4) is 11.3 Å². The topological polar surface area (TPSA) is 106 Å². The minimum Gasteiger partial charge on any atom is -0.480 e. The number of aliphatic carboxylic acids is 1. The third-order valence-electron chi connectivity index (χ3n) is 4.41. The molecule has 8 heteroatoms. The lowest BCUT2D eigenvalue weighted by Gasteiger charge is -2.11. The first-order chi connectivity index (χ1) is 13.9. The van der Waals surface area contributed by atoms with Crippen molar-refractivity contribution < 1.29 is 19.4 Å². The van der Waals surface area contributed by atoms with Crippen molar-refractivity contribution in [3.63, 3.8) is 0 Å². The second-order valence-electron chi connectivity index (χ2n) is 7.04. The van der Waals surface area contributed by atoms with Gasteiger partial charge in [-0.2, -0.15) is 5.10 Å². The van der Waals surface area contributed by atoms with E-state index in [0.29, 0.717) is 22.3 Å². The van der Waals surface area contributed by atoms with Gasteiger partial charge in [0.15, 0.2) is 5.65 Å². The highest BCUT2D eigenvalue weighted by Crippen LogP contribution is 2.26. The van der Waals surface area contributed by atoms with Crippen LogP contribution in [0.5, 0.6) is 0 Å². The second-order valence-corrected chi connectivity index (χ2v) is 7.04. The number of hydrogen-bond donors (Lipinski definition) is 2. The molecule has 3 rings (SSSR count). The fraction of sp³-hybridized carbons (Fsp3) is 0.333. The third-order valence-corrected chi connectivity index (χ3v) is 4.41. The van der Waals surface area contributed by atoms with Gasteiger partial charge < -0.3 is 15.2 Å². The fourth-order valence-electron chi connectivity index (χ4n) is 2.95. The number of ether oxygens (including phenoxy) is 1. The summed E-state index contributed by atoms with van der Waals surface area (Å²) in [4.78, 5) is 28.1. The summed E-state index contributed by atoms with van der Waals surface area (Å²) >= 11 is 0. The van der Waals surface area contributed by atoms with E-state index in [1.54, 1.807) is 16.9 Å². The van der Waals surface area contributed by atoms with Crippen LogP contribution < -0.4 is 5.32 Å². The molecule has 0 saturated carbocycles. The molecule has 0 aliphatic rings. The van der Waals surface area contributed by atoms with Gasteiger partial charge in [0, 0.05) is 18.2 Å². The monoisotopic (exact) mass is 396 g/mol. The summed E-state index contributed by atoms with van der Waals surface area (Å²) in [5.41, 5.74) is 3.85. The molecular weight excluding hydrogens is 372 g/mol. The maximum absolute atomic E-state index is 12.8. The average molecular weight is 396 g/mol. The van der Waals surface area contributed by atoms with Crippen molar-refractivity contribution in [2.45, 2.75) is 26.8 Å². The lowest BCUT2D eigenvalue weighted by molar-refractivity contribution is -0.142. The highest BCUT2D eigenvalue weighted by Gasteiger charge is 2.18. The minimum atomic E-state index is -1.05. The van der Waals surface area contributed by atoms with Gasteiger partial charge in [-0.15, -0.1) is 0 Å². The van der Waals surface area contributed by atoms with Gasteiger partial charge >= 0.3 is 5.97 Å². The summed E-state index contributed by atoms with van der Waals surface area (Å²) in [6.45, 7) is 5.95. The number of carboxylic acid groups (broad SMARTS) is 1. The van der Waals surface area contributed by atoms with Crippen LogP contribution in [0.25, 0.3) is 22.3 Å². The smallest absolute Gasteiger partial charge is 0.329 e. The number of rotatable bonds is 8. The largest absolute Gasteiger partial charge is 0.480 e. The molecule has 29 heavy (non-hydrogen) atoms. The third kappa shape index (κ3) is 4.78. The van der Waals surface area contributed by atoms with Gasteiger partial charge in [-0.1, -0.05) is 29.8 Å². The number of nitrogens with one attached hydrogen (secondary N) is 1. The molecule has 0 radical (unpaired) electrons. The molecule has 2 heterocycles. The summed E-state index contributed by atoms with van der Waals surface area (Å²) in [6.07, 6.45) is 1.65. The van der Waals surface area contributed by atoms with E-state index in [0.717, 1.165) is 11.1 Å². The molecule has 152 valence electrons. The number of aromatic nitrogens is 3. The van der Waals surface area contributed by atoms with E-state index in [4.69, 9.17) is 14.8 Å². The van der Waals surface area contributed by atoms with Crippen LogP contribution in [0.15, 0.2) is 36.5 Å². The van der Waals surface area contributed by atoms with Crippen LogP contribution in [0.1, 0.15) is 35.8 Å². The number of amides is 1. The van der Waals surface area contributed by atoms with E-state index in [9.17, 15) is 9.59 Å². The predicted octanol–water partition coefficient (Wildman–Crippen LogP) is 2.82. The van der Waals surface area contributed by atoms with Crippen LogP contribution in [0.3, 0.4) is 0 Å². The first kappa shape index (κ1) is 20.5. The van der Waals surface area contributed by atoms with Gasteiger partial charge in [0.05, 0.1) is 29.4 Å². The van der Waals surface area contributed by atoms with Gasteiger partial charge in [-0.05, 0) is 26.8 Å². The summed E-state index contributed by atoms with van der Waals surface area (Å²) < 4.78 is 6.76. The van der Waals surface area contributed by atoms with Crippen LogP contribution in [0, 0.1) is 6.92 Å². The van der Waals surface area contributed by atoms with Crippen LogP contribution in [-0.4, -0.2) is 51.5 Å². The zero-order valence-electron chi connectivity index (χ0n) is 16.7. The van der Waals surface area contributed by atoms with Crippen LogP contribution >= 0.6 is 0 Å². The number of aryl methyl sites for hydroxylation is 1. The number of pyridine rings is 1. The van der Waals surface area contributed by atoms with Crippen molar-refractivity contribution in [3.05, 3.63) is 47.7 Å². The Labute approximate surface area is 168 Å². The minimum absolute atomic E-state index is 0.0913. The van der Waals surface area contributed by atoms with E-state index in [2.05, 4.69) is 10.4 Å². The Morgan fingerprint density at radius 3 is 2.62 bits per heavy atom. The maximum Gasteiger partial charge on any atom is 0.329 e. The van der Waals surface area contributed by atoms with Crippen LogP contribution in [0.4, 0.5) is 0 Å². The standard InChI is InChI=1S/C21H24N4O4/c1-13(2)25-20-17(11-23-25)16(21(28)22-8-9-29-12-19(26)27)10-18(24-20)15-6-4-14(3)5-7-15/h4-7,10-11,13H,8-9,12H2,1-3H3,(H,22,28)(H,26,27). The van der Waals surface area contributed by atoms with Crippen molar-refractivity contribution in [2.75, 3.05) is 19.8 Å². The molecule has 2 N–H and O–H groups in total. The highest BCUT2D eigenvalue weighted by molar-refractivity contribution is 6.06. The molecule has 0 bridgehead atoms. The number of carbonyl (C=O) groups is 2. The fourth-order valence-corrected chi connectivity index (χ4v) is 2.95. The zero-order chi connectivity index (χ0) is 21.0. The Hall–Kier alpha value is -3.26. The molecule has 0 aliphatic carbocycles. The van der Waals surface area contributed by atoms with Crippen molar-refractivity contribution >= 4 is 22.9 Å². The molecule has 1 aromatic carbocycles. The summed E-state index contributed by atoms with van der Waals surface area (Å²) in [5, 5.41) is 16.4. The van der Waals surface area contributed by atoms with Crippen molar-refractivity contribution in [1.29, 1.82) is 0 Å². The number of nitrogens with zero attached hydrogens (tertiary/aromatic N) is 3. The Morgan fingerprint density at radius 1 is 1.24 bits per heavy atom. The Kier molecular flexibility index (Phi) is 6.23. The summed E-state index contributed by atoms with van der Waals surface area (Å²) in [6, 6.07) is 9.80. The SMILES string of the molecule is Cc1ccc(-c2cc(C(=O)NCCOCC(=O)O)c3cnn(C(C)C)c3n2)cc1. The van der Waals surface area contributed by atoms with Gasteiger partial charge in [0.1, 0.15) is 6.61 Å². The summed E-state index contributed by atoms with van der Waals surface area (Å²) in [7, 11) is 0. The molecule has 0 saturated heterocycles. The van der Waals surface area contributed by atoms with E-state index >= 15 is 0 Å². The normalized spacial score (nSPS) is 11.2. The average Bonchev–Trinajstić information content (AvgIpc) is 3.11. The van der Waals surface area contributed by atoms with Gasteiger partial charge in [0.2, 0.25) is 0 Å². The number of carboxylic acids is 1. The molecule has 1 amide bonds. The van der Waals surface area contributed by atoms with Crippen LogP contribution in [0.2, 0.25) is 0 Å². The lowest BCUT2D eigenvalue weighted by atomic mass is 10.1. The van der Waals surface area contributed by atoms with Crippen molar-refractivity contribution in [2.24, 2.45) is 0 Å². The maximum atomic E-state index is 12.8. The van der Waals surface area contributed by atoms with E-state index in [1.807, 2.05) is 45.0 Å². The molecule has 0 atom stereocenters. The van der Waals surface area contributed by atoms with E-state index in [1.165, 1.54) is 0 Å². The molecular formula is C21H24N4O4. The number of carbonyl (C=O) groups excluding carboxylic acids is 1. The van der Waals surface area contributed by atoms with Gasteiger partial charge in [0.25, 0.3) is 5.91 Å². The van der Waals surface area contributed by atoms with E-state index in [-0.39, 0.29) is 25.1 Å². The number of benzene rings is 1. The molecule has 2 aromatic heterocycles.